The molecule has 0 radical (unpaired) electrons. The van der Waals surface area contributed by atoms with Crippen LogP contribution in [0.5, 0.6) is 0 Å². The molecule has 2 aromatic heterocycles. The summed E-state index contributed by atoms with van der Waals surface area (Å²) < 4.78 is 0.965. The number of fused-ring (bicyclic) bond motifs is 1. The van der Waals surface area contributed by atoms with Crippen LogP contribution in [0.25, 0.3) is 10.2 Å². The van der Waals surface area contributed by atoms with Gasteiger partial charge in [-0.3, -0.25) is 14.7 Å². The quantitative estimate of drug-likeness (QED) is 0.346. The molecule has 4 nitrogen and oxygen atoms in total. The van der Waals surface area contributed by atoms with Crippen molar-refractivity contribution < 1.29 is 4.79 Å². The van der Waals surface area contributed by atoms with Gasteiger partial charge in [0.25, 0.3) is 5.91 Å². The topological polar surface area (TPSA) is 46.1 Å². The zero-order valence-electron chi connectivity index (χ0n) is 15.9. The monoisotopic (exact) mass is 439 g/mol. The van der Waals surface area contributed by atoms with Crippen molar-refractivity contribution in [2.24, 2.45) is 0 Å². The van der Waals surface area contributed by atoms with Crippen LogP contribution in [0, 0.1) is 6.92 Å². The van der Waals surface area contributed by atoms with E-state index in [1.807, 2.05) is 61.7 Å². The van der Waals surface area contributed by atoms with Gasteiger partial charge in [-0.05, 0) is 66.8 Å². The van der Waals surface area contributed by atoms with Crippen molar-refractivity contribution in [2.75, 3.05) is 11.2 Å². The molecule has 29 heavy (non-hydrogen) atoms. The van der Waals surface area contributed by atoms with Gasteiger partial charge in [0.2, 0.25) is 0 Å². The summed E-state index contributed by atoms with van der Waals surface area (Å²) in [6.45, 7) is 2.37. The number of thiazole rings is 1. The number of halogens is 1. The number of aromatic nitrogens is 2. The average molecular weight is 440 g/mol. The fourth-order valence-corrected chi connectivity index (χ4v) is 4.87. The van der Waals surface area contributed by atoms with Crippen LogP contribution in [0.4, 0.5) is 5.13 Å². The summed E-state index contributed by atoms with van der Waals surface area (Å²) in [4.78, 5) is 25.2. The fraction of sp³-hybridized carbons (Fsp3) is 0.136. The van der Waals surface area contributed by atoms with E-state index in [1.165, 1.54) is 11.3 Å². The molecule has 0 bridgehead atoms. The number of carbonyl (C=O) groups is 1. The molecule has 0 saturated heterocycles. The molecule has 0 unspecified atom stereocenters. The largest absolute Gasteiger partial charge is 0.279 e. The third kappa shape index (κ3) is 4.29. The highest BCUT2D eigenvalue weighted by Gasteiger charge is 2.22. The standard InChI is InChI=1S/C22H18ClN3OS2/c1-14-10-17(23)11-19-20(14)25-22(29-19)26(13-15-4-3-9-24-12-15)21(27)16-5-7-18(28-2)8-6-16/h3-12H,13H2,1-2H3. The minimum absolute atomic E-state index is 0.0932. The van der Waals surface area contributed by atoms with Crippen molar-refractivity contribution in [2.45, 2.75) is 18.4 Å². The van der Waals surface area contributed by atoms with Gasteiger partial charge in [-0.1, -0.05) is 29.0 Å². The molecule has 0 fully saturated rings. The Labute approximate surface area is 182 Å². The first-order valence-corrected chi connectivity index (χ1v) is 11.4. The molecule has 0 atom stereocenters. The summed E-state index contributed by atoms with van der Waals surface area (Å²) in [7, 11) is 0. The number of amides is 1. The average Bonchev–Trinajstić information content (AvgIpc) is 3.16. The number of hydrogen-bond acceptors (Lipinski definition) is 5. The van der Waals surface area contributed by atoms with Crippen molar-refractivity contribution >= 4 is 56.0 Å². The van der Waals surface area contributed by atoms with Crippen molar-refractivity contribution in [3.8, 4) is 0 Å². The Bertz CT molecular complexity index is 1160. The highest BCUT2D eigenvalue weighted by molar-refractivity contribution is 7.98. The predicted molar refractivity (Wildman–Crippen MR) is 122 cm³/mol. The van der Waals surface area contributed by atoms with Crippen LogP contribution in [-0.2, 0) is 6.54 Å². The molecule has 146 valence electrons. The molecule has 0 saturated carbocycles. The Kier molecular flexibility index (Phi) is 5.85. The van der Waals surface area contributed by atoms with Gasteiger partial charge in [0, 0.05) is 27.9 Å². The first-order chi connectivity index (χ1) is 14.0. The second kappa shape index (κ2) is 8.53. The number of nitrogens with zero attached hydrogens (tertiary/aromatic N) is 3. The SMILES string of the molecule is CSc1ccc(C(=O)N(Cc2cccnc2)c2nc3c(C)cc(Cl)cc3s2)cc1. The molecule has 0 aliphatic rings. The first-order valence-electron chi connectivity index (χ1n) is 8.96. The Balaban J connectivity index is 1.77. The highest BCUT2D eigenvalue weighted by atomic mass is 35.5. The van der Waals surface area contributed by atoms with Gasteiger partial charge in [0.15, 0.2) is 5.13 Å². The minimum Gasteiger partial charge on any atom is -0.279 e. The Morgan fingerprint density at radius 2 is 2.00 bits per heavy atom. The molecular weight excluding hydrogens is 422 g/mol. The van der Waals surface area contributed by atoms with Gasteiger partial charge < -0.3 is 0 Å². The van der Waals surface area contributed by atoms with E-state index in [2.05, 4.69) is 4.98 Å². The van der Waals surface area contributed by atoms with Crippen LogP contribution in [-0.4, -0.2) is 22.1 Å². The molecule has 2 aromatic carbocycles. The van der Waals surface area contributed by atoms with Gasteiger partial charge in [-0.2, -0.15) is 0 Å². The molecule has 0 aliphatic carbocycles. The lowest BCUT2D eigenvalue weighted by atomic mass is 10.2. The summed E-state index contributed by atoms with van der Waals surface area (Å²) in [6, 6.07) is 15.3. The molecule has 4 rings (SSSR count). The van der Waals surface area contributed by atoms with E-state index in [0.29, 0.717) is 22.3 Å². The van der Waals surface area contributed by atoms with Crippen LogP contribution < -0.4 is 4.90 Å². The van der Waals surface area contributed by atoms with Crippen LogP contribution in [0.2, 0.25) is 5.02 Å². The number of carbonyl (C=O) groups excluding carboxylic acids is 1. The summed E-state index contributed by atoms with van der Waals surface area (Å²) in [6.07, 6.45) is 5.51. The van der Waals surface area contributed by atoms with E-state index in [-0.39, 0.29) is 5.91 Å². The number of benzene rings is 2. The van der Waals surface area contributed by atoms with Crippen molar-refractivity contribution in [3.05, 3.63) is 82.6 Å². The van der Waals surface area contributed by atoms with Gasteiger partial charge in [-0.25, -0.2) is 4.98 Å². The molecule has 0 N–H and O–H groups in total. The fourth-order valence-electron chi connectivity index (χ4n) is 3.05. The van der Waals surface area contributed by atoms with Crippen molar-refractivity contribution in [1.29, 1.82) is 0 Å². The summed E-state index contributed by atoms with van der Waals surface area (Å²) in [5.74, 6) is -0.0932. The lowest BCUT2D eigenvalue weighted by molar-refractivity contribution is 0.0985. The van der Waals surface area contributed by atoms with Gasteiger partial charge in [0.05, 0.1) is 16.8 Å². The molecule has 0 spiro atoms. The molecule has 1 amide bonds. The Morgan fingerprint density at radius 3 is 2.69 bits per heavy atom. The zero-order valence-corrected chi connectivity index (χ0v) is 18.3. The second-order valence-electron chi connectivity index (χ2n) is 6.55. The molecular formula is C22H18ClN3OS2. The number of hydrogen-bond donors (Lipinski definition) is 0. The van der Waals surface area contributed by atoms with Crippen LogP contribution in [0.3, 0.4) is 0 Å². The number of anilines is 1. The van der Waals surface area contributed by atoms with Crippen molar-refractivity contribution in [3.63, 3.8) is 0 Å². The van der Waals surface area contributed by atoms with Crippen LogP contribution in [0.1, 0.15) is 21.5 Å². The van der Waals surface area contributed by atoms with E-state index in [4.69, 9.17) is 16.6 Å². The van der Waals surface area contributed by atoms with Crippen LogP contribution in [0.15, 0.2) is 65.8 Å². The van der Waals surface area contributed by atoms with Gasteiger partial charge >= 0.3 is 0 Å². The smallest absolute Gasteiger partial charge is 0.260 e. The third-order valence-corrected chi connectivity index (χ3v) is 6.50. The zero-order chi connectivity index (χ0) is 20.4. The maximum Gasteiger partial charge on any atom is 0.260 e. The Hall–Kier alpha value is -2.41. The van der Waals surface area contributed by atoms with Crippen molar-refractivity contribution in [1.82, 2.24) is 9.97 Å². The number of rotatable bonds is 5. The third-order valence-electron chi connectivity index (χ3n) is 4.52. The maximum atomic E-state index is 13.4. The number of thioether (sulfide) groups is 1. The molecule has 4 aromatic rings. The summed E-state index contributed by atoms with van der Waals surface area (Å²) in [5, 5.41) is 1.32. The molecule has 2 heterocycles. The Morgan fingerprint density at radius 1 is 1.21 bits per heavy atom. The number of aryl methyl sites for hydroxylation is 1. The minimum atomic E-state index is -0.0932. The van der Waals surface area contributed by atoms with Gasteiger partial charge in [0.1, 0.15) is 0 Å². The normalized spacial score (nSPS) is 11.0. The highest BCUT2D eigenvalue weighted by Crippen LogP contribution is 2.34. The number of pyridine rings is 1. The van der Waals surface area contributed by atoms with E-state index >= 15 is 0 Å². The summed E-state index contributed by atoms with van der Waals surface area (Å²) >= 11 is 9.33. The van der Waals surface area contributed by atoms with E-state index in [1.54, 1.807) is 29.1 Å². The maximum absolute atomic E-state index is 13.4. The first kappa shape index (κ1) is 19.9. The lowest BCUT2D eigenvalue weighted by Crippen LogP contribution is -2.30. The van der Waals surface area contributed by atoms with Gasteiger partial charge in [-0.15, -0.1) is 11.8 Å². The summed E-state index contributed by atoms with van der Waals surface area (Å²) in [5.41, 5.74) is 3.43. The molecule has 0 aliphatic heterocycles. The predicted octanol–water partition coefficient (Wildman–Crippen LogP) is 6.22. The van der Waals surface area contributed by atoms with E-state index in [0.717, 1.165) is 26.2 Å². The van der Waals surface area contributed by atoms with E-state index in [9.17, 15) is 4.79 Å². The molecule has 7 heteroatoms. The lowest BCUT2D eigenvalue weighted by Gasteiger charge is -2.20. The second-order valence-corrected chi connectivity index (χ2v) is 8.87. The van der Waals surface area contributed by atoms with E-state index < -0.39 is 0 Å². The van der Waals surface area contributed by atoms with Crippen LogP contribution >= 0.6 is 34.7 Å².